The van der Waals surface area contributed by atoms with Crippen molar-refractivity contribution in [1.82, 2.24) is 5.32 Å². The quantitative estimate of drug-likeness (QED) is 0.789. The summed E-state index contributed by atoms with van der Waals surface area (Å²) in [5.41, 5.74) is -0.273. The van der Waals surface area contributed by atoms with Crippen LogP contribution in [0.2, 0.25) is 0 Å². The predicted molar refractivity (Wildman–Crippen MR) is 59.3 cm³/mol. The molecule has 0 radical (unpaired) electrons. The van der Waals surface area contributed by atoms with Gasteiger partial charge in [0.25, 0.3) is 0 Å². The van der Waals surface area contributed by atoms with Gasteiger partial charge in [-0.25, -0.2) is 0 Å². The summed E-state index contributed by atoms with van der Waals surface area (Å²) in [5, 5.41) is 2.40. The molecule has 0 saturated heterocycles. The summed E-state index contributed by atoms with van der Waals surface area (Å²) in [6.45, 7) is -0.283. The molecule has 1 aromatic carbocycles. The number of hydrogen-bond acceptors (Lipinski definition) is 4. The molecule has 0 atom stereocenters. The van der Waals surface area contributed by atoms with Crippen LogP contribution >= 0.6 is 0 Å². The van der Waals surface area contributed by atoms with Crippen LogP contribution in [0.3, 0.4) is 0 Å². The first-order chi connectivity index (χ1) is 10.7. The zero-order valence-corrected chi connectivity index (χ0v) is 11.5. The maximum Gasteiger partial charge on any atom is 0.573 e. The van der Waals surface area contributed by atoms with E-state index in [0.717, 1.165) is 0 Å². The van der Waals surface area contributed by atoms with Gasteiger partial charge in [0.15, 0.2) is 11.5 Å². The Morgan fingerprint density at radius 3 is 1.42 bits per heavy atom. The van der Waals surface area contributed by atoms with Gasteiger partial charge >= 0.3 is 19.1 Å². The van der Waals surface area contributed by atoms with Gasteiger partial charge in [0.1, 0.15) is 0 Å². The van der Waals surface area contributed by atoms with E-state index >= 15 is 0 Å². The highest BCUT2D eigenvalue weighted by molar-refractivity contribution is 5.54. The topological polar surface area (TPSA) is 39.7 Å². The van der Waals surface area contributed by atoms with Crippen LogP contribution in [-0.4, -0.2) is 26.1 Å². The second-order valence-electron chi connectivity index (χ2n) is 4.09. The van der Waals surface area contributed by atoms with E-state index in [-0.39, 0.29) is 12.1 Å². The molecule has 0 saturated carbocycles. The highest BCUT2D eigenvalue weighted by Gasteiger charge is 2.41. The van der Waals surface area contributed by atoms with Gasteiger partial charge < -0.3 is 19.5 Å². The van der Waals surface area contributed by atoms with Crippen LogP contribution in [0.25, 0.3) is 0 Å². The summed E-state index contributed by atoms with van der Waals surface area (Å²) < 4.78 is 121. The number of nitrogens with one attached hydrogen (secondary N) is 1. The van der Waals surface area contributed by atoms with Crippen molar-refractivity contribution in [2.75, 3.05) is 7.05 Å². The van der Waals surface area contributed by atoms with Crippen molar-refractivity contribution in [2.45, 2.75) is 25.6 Å². The van der Waals surface area contributed by atoms with Crippen LogP contribution in [0.1, 0.15) is 5.56 Å². The van der Waals surface area contributed by atoms with Crippen molar-refractivity contribution >= 4 is 0 Å². The van der Waals surface area contributed by atoms with Gasteiger partial charge in [-0.1, -0.05) is 0 Å². The standard InChI is InChI=1S/C11H8F9NO3/c1-21-4-5-2-6(22-9(12,13)14)8(24-11(18,19)20)7(3-5)23-10(15,16)17/h2-3,21H,4H2,1H3. The van der Waals surface area contributed by atoms with Crippen LogP contribution in [-0.2, 0) is 6.54 Å². The maximum atomic E-state index is 12.3. The van der Waals surface area contributed by atoms with Crippen molar-refractivity contribution in [1.29, 1.82) is 0 Å². The van der Waals surface area contributed by atoms with E-state index in [1.165, 1.54) is 7.05 Å². The molecule has 1 N–H and O–H groups in total. The van der Waals surface area contributed by atoms with Crippen LogP contribution in [0.4, 0.5) is 39.5 Å². The second-order valence-corrected chi connectivity index (χ2v) is 4.09. The minimum Gasteiger partial charge on any atom is -0.402 e. The van der Waals surface area contributed by atoms with Crippen LogP contribution < -0.4 is 19.5 Å². The zero-order chi connectivity index (χ0) is 18.8. The van der Waals surface area contributed by atoms with Gasteiger partial charge in [0.2, 0.25) is 5.75 Å². The molecule has 0 aliphatic heterocycles. The van der Waals surface area contributed by atoms with E-state index in [4.69, 9.17) is 0 Å². The van der Waals surface area contributed by atoms with Gasteiger partial charge in [-0.05, 0) is 24.7 Å². The summed E-state index contributed by atoms with van der Waals surface area (Å²) in [5.74, 6) is -5.17. The molecule has 4 nitrogen and oxygen atoms in total. The fraction of sp³-hybridized carbons (Fsp3) is 0.455. The molecule has 0 heterocycles. The van der Waals surface area contributed by atoms with Crippen molar-refractivity contribution in [3.63, 3.8) is 0 Å². The molecule has 0 spiro atoms. The number of rotatable bonds is 5. The second kappa shape index (κ2) is 6.83. The molecule has 138 valence electrons. The molecule has 0 aliphatic rings. The van der Waals surface area contributed by atoms with E-state index in [2.05, 4.69) is 19.5 Å². The number of ether oxygens (including phenoxy) is 3. The Hall–Kier alpha value is -2.05. The van der Waals surface area contributed by atoms with Gasteiger partial charge in [-0.3, -0.25) is 0 Å². The van der Waals surface area contributed by atoms with E-state index in [1.807, 2.05) is 0 Å². The van der Waals surface area contributed by atoms with Crippen molar-refractivity contribution in [3.8, 4) is 17.2 Å². The lowest BCUT2D eigenvalue weighted by Crippen LogP contribution is -2.24. The molecule has 0 aromatic heterocycles. The molecule has 24 heavy (non-hydrogen) atoms. The Labute approximate surface area is 128 Å². The van der Waals surface area contributed by atoms with Crippen LogP contribution in [0, 0.1) is 0 Å². The Kier molecular flexibility index (Phi) is 5.69. The summed E-state index contributed by atoms with van der Waals surface area (Å²) in [4.78, 5) is 0. The fourth-order valence-electron chi connectivity index (χ4n) is 1.55. The Balaban J connectivity index is 3.49. The third-order valence-corrected chi connectivity index (χ3v) is 2.13. The summed E-state index contributed by atoms with van der Waals surface area (Å²) in [6, 6.07) is 0.878. The van der Waals surface area contributed by atoms with Gasteiger partial charge in [-0.15, -0.1) is 39.5 Å². The molecule has 0 fully saturated rings. The number of hydrogen-bond donors (Lipinski definition) is 1. The minimum atomic E-state index is -5.59. The van der Waals surface area contributed by atoms with E-state index in [0.29, 0.717) is 12.1 Å². The van der Waals surface area contributed by atoms with Crippen LogP contribution in [0.15, 0.2) is 12.1 Å². The lowest BCUT2D eigenvalue weighted by Gasteiger charge is -2.20. The first kappa shape index (κ1) is 20.0. The highest BCUT2D eigenvalue weighted by Crippen LogP contribution is 2.45. The van der Waals surface area contributed by atoms with Crippen molar-refractivity contribution in [2.24, 2.45) is 0 Å². The monoisotopic (exact) mass is 373 g/mol. The highest BCUT2D eigenvalue weighted by atomic mass is 19.4. The number of benzene rings is 1. The molecule has 1 rings (SSSR count). The SMILES string of the molecule is CNCc1cc(OC(F)(F)F)c(OC(F)(F)F)c(OC(F)(F)F)c1. The van der Waals surface area contributed by atoms with Crippen molar-refractivity contribution < 1.29 is 53.7 Å². The molecular weight excluding hydrogens is 365 g/mol. The first-order valence-corrected chi connectivity index (χ1v) is 5.79. The van der Waals surface area contributed by atoms with Crippen LogP contribution in [0.5, 0.6) is 17.2 Å². The number of alkyl halides is 9. The number of halogens is 9. The van der Waals surface area contributed by atoms with E-state index in [9.17, 15) is 39.5 Å². The van der Waals surface area contributed by atoms with Gasteiger partial charge in [0.05, 0.1) is 0 Å². The zero-order valence-electron chi connectivity index (χ0n) is 11.5. The largest absolute Gasteiger partial charge is 0.573 e. The molecular formula is C11H8F9NO3. The lowest BCUT2D eigenvalue weighted by atomic mass is 10.2. The molecule has 0 bridgehead atoms. The Morgan fingerprint density at radius 2 is 1.12 bits per heavy atom. The third-order valence-electron chi connectivity index (χ3n) is 2.13. The molecule has 1 aromatic rings. The van der Waals surface area contributed by atoms with E-state index < -0.39 is 36.3 Å². The predicted octanol–water partition coefficient (Wildman–Crippen LogP) is 4.10. The van der Waals surface area contributed by atoms with Gasteiger partial charge in [-0.2, -0.15) is 0 Å². The molecule has 0 unspecified atom stereocenters. The molecule has 0 amide bonds. The van der Waals surface area contributed by atoms with E-state index in [1.54, 1.807) is 0 Å². The minimum absolute atomic E-state index is 0.273. The average Bonchev–Trinajstić information content (AvgIpc) is 2.28. The average molecular weight is 373 g/mol. The molecule has 0 aliphatic carbocycles. The smallest absolute Gasteiger partial charge is 0.402 e. The normalized spacial score (nSPS) is 12.9. The summed E-state index contributed by atoms with van der Waals surface area (Å²) >= 11 is 0. The first-order valence-electron chi connectivity index (χ1n) is 5.79. The molecule has 13 heteroatoms. The maximum absolute atomic E-state index is 12.3. The fourth-order valence-corrected chi connectivity index (χ4v) is 1.55. The lowest BCUT2D eigenvalue weighted by molar-refractivity contribution is -0.293. The van der Waals surface area contributed by atoms with Crippen molar-refractivity contribution in [3.05, 3.63) is 17.7 Å². The summed E-state index contributed by atoms with van der Waals surface area (Å²) in [7, 11) is 1.30. The van der Waals surface area contributed by atoms with Gasteiger partial charge in [0, 0.05) is 6.54 Å². The third kappa shape index (κ3) is 7.02. The summed E-state index contributed by atoms with van der Waals surface area (Å²) in [6.07, 6.45) is -16.5. The Bertz CT molecular complexity index is 528. The Morgan fingerprint density at radius 1 is 0.750 bits per heavy atom.